The van der Waals surface area contributed by atoms with Gasteiger partial charge in [0.25, 0.3) is 5.91 Å². The first-order valence-corrected chi connectivity index (χ1v) is 12.2. The lowest BCUT2D eigenvalue weighted by molar-refractivity contribution is -0.139. The zero-order chi connectivity index (χ0) is 24.1. The number of hydrogen-bond donors (Lipinski definition) is 3. The number of halogens is 2. The smallest absolute Gasteiger partial charge is 0.326 e. The molecule has 0 bridgehead atoms. The summed E-state index contributed by atoms with van der Waals surface area (Å²) in [5.41, 5.74) is 2.33. The number of rotatable bonds is 9. The number of nitrogens with zero attached hydrogens (tertiary/aromatic N) is 2. The number of nitrogens with one attached hydrogen (secondary N) is 2. The van der Waals surface area contributed by atoms with Crippen LogP contribution >= 0.6 is 11.6 Å². The molecule has 2 unspecified atom stereocenters. The molecule has 1 aromatic heterocycles. The number of carbonyl (C=O) groups excluding carboxylic acids is 1. The van der Waals surface area contributed by atoms with Crippen molar-refractivity contribution in [3.05, 3.63) is 58.0 Å². The van der Waals surface area contributed by atoms with Gasteiger partial charge in [-0.05, 0) is 74.8 Å². The van der Waals surface area contributed by atoms with Crippen molar-refractivity contribution in [1.82, 2.24) is 15.2 Å². The maximum atomic E-state index is 13.6. The lowest BCUT2D eigenvalue weighted by Crippen LogP contribution is -2.43. The van der Waals surface area contributed by atoms with Gasteiger partial charge in [-0.2, -0.15) is 0 Å². The number of likely N-dealkylation sites (tertiary alicyclic amines) is 1. The molecule has 2 aliphatic heterocycles. The predicted octanol–water partition coefficient (Wildman–Crippen LogP) is 3.76. The molecule has 182 valence electrons. The van der Waals surface area contributed by atoms with E-state index in [-0.39, 0.29) is 17.0 Å². The van der Waals surface area contributed by atoms with Crippen LogP contribution in [0.2, 0.25) is 5.02 Å². The van der Waals surface area contributed by atoms with Gasteiger partial charge in [0.15, 0.2) is 0 Å². The Morgan fingerprint density at radius 3 is 3.00 bits per heavy atom. The first-order chi connectivity index (χ1) is 16.4. The van der Waals surface area contributed by atoms with Gasteiger partial charge in [-0.15, -0.1) is 0 Å². The zero-order valence-electron chi connectivity index (χ0n) is 19.0. The fourth-order valence-corrected chi connectivity index (χ4v) is 4.91. The highest BCUT2D eigenvalue weighted by molar-refractivity contribution is 6.34. The summed E-state index contributed by atoms with van der Waals surface area (Å²) in [5.74, 6) is -0.967. The van der Waals surface area contributed by atoms with E-state index in [1.54, 1.807) is 0 Å². The summed E-state index contributed by atoms with van der Waals surface area (Å²) in [5, 5.41) is 15.1. The molecule has 1 amide bonds. The number of aliphatic carboxylic acids is 1. The molecule has 0 radical (unpaired) electrons. The Morgan fingerprint density at radius 2 is 2.18 bits per heavy atom. The van der Waals surface area contributed by atoms with Gasteiger partial charge in [-0.1, -0.05) is 23.7 Å². The van der Waals surface area contributed by atoms with Crippen molar-refractivity contribution in [2.24, 2.45) is 5.92 Å². The number of fused-ring (bicyclic) bond motifs is 1. The van der Waals surface area contributed by atoms with Crippen LogP contribution in [0, 0.1) is 11.7 Å². The molecule has 0 saturated carbocycles. The van der Waals surface area contributed by atoms with Crippen LogP contribution in [0.4, 0.5) is 10.2 Å². The molecule has 2 aromatic rings. The van der Waals surface area contributed by atoms with Gasteiger partial charge in [0.2, 0.25) is 0 Å². The van der Waals surface area contributed by atoms with Crippen molar-refractivity contribution in [1.29, 1.82) is 0 Å². The molecule has 1 fully saturated rings. The number of amides is 1. The highest BCUT2D eigenvalue weighted by atomic mass is 35.5. The third-order valence-corrected chi connectivity index (χ3v) is 7.05. The van der Waals surface area contributed by atoms with Crippen molar-refractivity contribution >= 4 is 29.3 Å². The lowest BCUT2D eigenvalue weighted by atomic mass is 10.00. The number of anilines is 1. The Balaban J connectivity index is 1.24. The molecule has 9 heteroatoms. The first kappa shape index (κ1) is 24.4. The van der Waals surface area contributed by atoms with Gasteiger partial charge in [0.05, 0.1) is 10.6 Å². The normalized spacial score (nSPS) is 18.7. The first-order valence-electron chi connectivity index (χ1n) is 11.8. The zero-order valence-corrected chi connectivity index (χ0v) is 19.8. The van der Waals surface area contributed by atoms with E-state index in [1.165, 1.54) is 17.7 Å². The van der Waals surface area contributed by atoms with Crippen molar-refractivity contribution in [3.8, 4) is 0 Å². The van der Waals surface area contributed by atoms with E-state index in [9.17, 15) is 19.1 Å². The largest absolute Gasteiger partial charge is 0.480 e. The van der Waals surface area contributed by atoms with E-state index in [0.29, 0.717) is 12.5 Å². The van der Waals surface area contributed by atoms with Crippen LogP contribution < -0.4 is 10.6 Å². The summed E-state index contributed by atoms with van der Waals surface area (Å²) in [7, 11) is 0. The van der Waals surface area contributed by atoms with Crippen molar-refractivity contribution in [2.45, 2.75) is 44.6 Å². The number of carboxylic acids is 1. The number of aryl methyl sites for hydroxylation is 2. The molecule has 7 nitrogen and oxygen atoms in total. The Morgan fingerprint density at radius 1 is 1.32 bits per heavy atom. The quantitative estimate of drug-likeness (QED) is 0.497. The van der Waals surface area contributed by atoms with Gasteiger partial charge < -0.3 is 20.6 Å². The van der Waals surface area contributed by atoms with Crippen LogP contribution in [-0.4, -0.2) is 59.1 Å². The summed E-state index contributed by atoms with van der Waals surface area (Å²) < 4.78 is 13.6. The van der Waals surface area contributed by atoms with Crippen molar-refractivity contribution in [3.63, 3.8) is 0 Å². The molecule has 0 aliphatic carbocycles. The Kier molecular flexibility index (Phi) is 8.00. The van der Waals surface area contributed by atoms with Crippen molar-refractivity contribution < 1.29 is 19.1 Å². The van der Waals surface area contributed by atoms with Crippen LogP contribution in [0.1, 0.15) is 47.3 Å². The molecular weight excluding hydrogens is 459 g/mol. The lowest BCUT2D eigenvalue weighted by Gasteiger charge is -2.20. The summed E-state index contributed by atoms with van der Waals surface area (Å²) in [4.78, 5) is 31.2. The van der Waals surface area contributed by atoms with Crippen molar-refractivity contribution in [2.75, 3.05) is 31.5 Å². The molecule has 3 heterocycles. The summed E-state index contributed by atoms with van der Waals surface area (Å²) in [6, 6.07) is 7.13. The fraction of sp³-hybridized carbons (Fsp3) is 0.480. The van der Waals surface area contributed by atoms with E-state index in [0.717, 1.165) is 69.3 Å². The van der Waals surface area contributed by atoms with Gasteiger partial charge in [-0.3, -0.25) is 4.79 Å². The summed E-state index contributed by atoms with van der Waals surface area (Å²) in [6.45, 7) is 3.35. The molecule has 2 atom stereocenters. The van der Waals surface area contributed by atoms with E-state index in [1.807, 2.05) is 0 Å². The van der Waals surface area contributed by atoms with E-state index < -0.39 is 23.7 Å². The SMILES string of the molecule is O=C(NC(CCN1CCC(CCc2ccc3c(n2)NCCC3)C1)C(=O)O)c1cccc(F)c1Cl. The van der Waals surface area contributed by atoms with E-state index in [4.69, 9.17) is 16.6 Å². The minimum Gasteiger partial charge on any atom is -0.480 e. The number of aromatic nitrogens is 1. The molecule has 1 saturated heterocycles. The Bertz CT molecular complexity index is 1050. The maximum Gasteiger partial charge on any atom is 0.326 e. The Hall–Kier alpha value is -2.71. The van der Waals surface area contributed by atoms with E-state index >= 15 is 0 Å². The fourth-order valence-electron chi connectivity index (χ4n) is 4.70. The number of pyridine rings is 1. The second-order valence-corrected chi connectivity index (χ2v) is 9.47. The molecule has 0 spiro atoms. The summed E-state index contributed by atoms with van der Waals surface area (Å²) >= 11 is 5.86. The third-order valence-electron chi connectivity index (χ3n) is 6.66. The van der Waals surface area contributed by atoms with Gasteiger partial charge >= 0.3 is 5.97 Å². The molecule has 2 aliphatic rings. The van der Waals surface area contributed by atoms with Gasteiger partial charge in [0, 0.05) is 25.3 Å². The van der Waals surface area contributed by atoms with Crippen LogP contribution in [0.5, 0.6) is 0 Å². The highest BCUT2D eigenvalue weighted by Gasteiger charge is 2.27. The third kappa shape index (κ3) is 6.04. The highest BCUT2D eigenvalue weighted by Crippen LogP contribution is 2.24. The molecule has 3 N–H and O–H groups in total. The molecular formula is C25H30ClFN4O3. The predicted molar refractivity (Wildman–Crippen MR) is 129 cm³/mol. The maximum absolute atomic E-state index is 13.6. The second kappa shape index (κ2) is 11.1. The standard InChI is InChI=1S/C25H30ClFN4O3/c26-22-19(4-1-5-20(22)27)24(32)30-21(25(33)34)11-14-31-13-10-16(15-31)6-8-18-9-7-17-3-2-12-28-23(17)29-18/h1,4-5,7,9,16,21H,2-3,6,8,10-15H2,(H,28,29)(H,30,32)(H,33,34). The molecule has 1 aromatic carbocycles. The Labute approximate surface area is 203 Å². The van der Waals surface area contributed by atoms with Crippen LogP contribution in [0.15, 0.2) is 30.3 Å². The molecule has 4 rings (SSSR count). The van der Waals surface area contributed by atoms with Crippen LogP contribution in [-0.2, 0) is 17.6 Å². The van der Waals surface area contributed by atoms with E-state index in [2.05, 4.69) is 27.7 Å². The van der Waals surface area contributed by atoms with Crippen LogP contribution in [0.25, 0.3) is 0 Å². The van der Waals surface area contributed by atoms with Gasteiger partial charge in [-0.25, -0.2) is 14.2 Å². The van der Waals surface area contributed by atoms with Crippen LogP contribution in [0.3, 0.4) is 0 Å². The topological polar surface area (TPSA) is 94.6 Å². The monoisotopic (exact) mass is 488 g/mol. The second-order valence-electron chi connectivity index (χ2n) is 9.09. The number of benzene rings is 1. The average Bonchev–Trinajstić information content (AvgIpc) is 3.29. The number of carbonyl (C=O) groups is 2. The number of carboxylic acid groups (broad SMARTS) is 1. The minimum atomic E-state index is -1.12. The number of hydrogen-bond acceptors (Lipinski definition) is 5. The minimum absolute atomic E-state index is 0.0693. The van der Waals surface area contributed by atoms with Gasteiger partial charge in [0.1, 0.15) is 17.7 Å². The summed E-state index contributed by atoms with van der Waals surface area (Å²) in [6.07, 6.45) is 5.53. The molecule has 34 heavy (non-hydrogen) atoms. The average molecular weight is 489 g/mol.